The van der Waals surface area contributed by atoms with Gasteiger partial charge in [0.15, 0.2) is 0 Å². The lowest BCUT2D eigenvalue weighted by Gasteiger charge is -2.26. The van der Waals surface area contributed by atoms with E-state index >= 15 is 0 Å². The summed E-state index contributed by atoms with van der Waals surface area (Å²) in [5, 5.41) is 1.98. The second kappa shape index (κ2) is 6.17. The molecule has 0 saturated heterocycles. The summed E-state index contributed by atoms with van der Waals surface area (Å²) in [6.07, 6.45) is 2.42. The Morgan fingerprint density at radius 3 is 2.36 bits per heavy atom. The molecule has 1 aliphatic heterocycles. The maximum absolute atomic E-state index is 12.8. The molecule has 2 aliphatic rings. The Kier molecular flexibility index (Phi) is 4.24. The largest absolute Gasteiger partial charge is 0.243 e. The molecule has 0 bridgehead atoms. The first-order chi connectivity index (χ1) is 11.9. The van der Waals surface area contributed by atoms with Gasteiger partial charge in [-0.05, 0) is 60.5 Å². The summed E-state index contributed by atoms with van der Waals surface area (Å²) in [6, 6.07) is 7.44. The van der Waals surface area contributed by atoms with E-state index in [1.54, 1.807) is 11.3 Å². The molecule has 0 radical (unpaired) electrons. The van der Waals surface area contributed by atoms with Crippen molar-refractivity contribution in [2.45, 2.75) is 41.6 Å². The predicted octanol–water partition coefficient (Wildman–Crippen LogP) is 1.94. The van der Waals surface area contributed by atoms with Crippen LogP contribution in [0.5, 0.6) is 0 Å². The predicted molar refractivity (Wildman–Crippen MR) is 95.4 cm³/mol. The number of nitrogens with one attached hydrogen (secondary N) is 1. The van der Waals surface area contributed by atoms with Gasteiger partial charge in [0, 0.05) is 24.0 Å². The van der Waals surface area contributed by atoms with Gasteiger partial charge in [0.05, 0.1) is 9.79 Å². The molecule has 25 heavy (non-hydrogen) atoms. The van der Waals surface area contributed by atoms with Crippen LogP contribution in [0.25, 0.3) is 0 Å². The number of sulfonamides is 2. The molecule has 1 N–H and O–H groups in total. The monoisotopic (exact) mass is 398 g/mol. The van der Waals surface area contributed by atoms with Gasteiger partial charge in [0.25, 0.3) is 0 Å². The van der Waals surface area contributed by atoms with Crippen LogP contribution in [0.15, 0.2) is 45.5 Å². The van der Waals surface area contributed by atoms with Gasteiger partial charge < -0.3 is 0 Å². The highest BCUT2D eigenvalue weighted by atomic mass is 32.2. The van der Waals surface area contributed by atoms with Crippen molar-refractivity contribution in [3.8, 4) is 0 Å². The third-order valence-electron chi connectivity index (χ3n) is 4.44. The molecule has 1 fully saturated rings. The minimum absolute atomic E-state index is 0.0153. The number of hydrogen-bond acceptors (Lipinski definition) is 5. The minimum atomic E-state index is -3.63. The van der Waals surface area contributed by atoms with E-state index in [4.69, 9.17) is 0 Å². The molecule has 9 heteroatoms. The minimum Gasteiger partial charge on any atom is -0.208 e. The maximum Gasteiger partial charge on any atom is 0.243 e. The Hall–Kier alpha value is -1.26. The second-order valence-corrected chi connectivity index (χ2v) is 11.0. The van der Waals surface area contributed by atoms with E-state index in [1.165, 1.54) is 33.4 Å². The van der Waals surface area contributed by atoms with Crippen LogP contribution in [-0.4, -0.2) is 33.7 Å². The number of hydrogen-bond donors (Lipinski definition) is 1. The molecular weight excluding hydrogens is 380 g/mol. The Bertz CT molecular complexity index is 990. The summed E-state index contributed by atoms with van der Waals surface area (Å²) in [4.78, 5) is 1.45. The van der Waals surface area contributed by atoms with Crippen molar-refractivity contribution in [1.82, 2.24) is 9.03 Å². The first-order valence-electron chi connectivity index (χ1n) is 8.04. The maximum atomic E-state index is 12.8. The zero-order chi connectivity index (χ0) is 17.7. The van der Waals surface area contributed by atoms with Gasteiger partial charge in [-0.3, -0.25) is 0 Å². The van der Waals surface area contributed by atoms with Crippen molar-refractivity contribution >= 4 is 31.4 Å². The average molecular weight is 399 g/mol. The number of nitrogens with zero attached hydrogens (tertiary/aromatic N) is 1. The molecule has 1 aromatic carbocycles. The fourth-order valence-corrected chi connectivity index (χ4v) is 6.47. The van der Waals surface area contributed by atoms with E-state index in [0.717, 1.165) is 18.4 Å². The lowest BCUT2D eigenvalue weighted by molar-refractivity contribution is 0.394. The molecule has 134 valence electrons. The number of rotatable bonds is 5. The van der Waals surface area contributed by atoms with Gasteiger partial charge in [-0.25, -0.2) is 21.6 Å². The lowest BCUT2D eigenvalue weighted by atomic mass is 10.1. The van der Waals surface area contributed by atoms with Gasteiger partial charge in [-0.15, -0.1) is 11.3 Å². The third kappa shape index (κ3) is 3.39. The van der Waals surface area contributed by atoms with Gasteiger partial charge >= 0.3 is 0 Å². The highest BCUT2D eigenvalue weighted by Gasteiger charge is 2.30. The molecule has 0 amide bonds. The molecule has 2 aromatic rings. The van der Waals surface area contributed by atoms with Gasteiger partial charge in [0.1, 0.15) is 0 Å². The van der Waals surface area contributed by atoms with Crippen molar-refractivity contribution in [2.24, 2.45) is 0 Å². The van der Waals surface area contributed by atoms with Gasteiger partial charge in [-0.1, -0.05) is 0 Å². The van der Waals surface area contributed by atoms with Crippen LogP contribution < -0.4 is 4.72 Å². The number of benzene rings is 1. The fourth-order valence-electron chi connectivity index (χ4n) is 2.86. The van der Waals surface area contributed by atoms with Crippen molar-refractivity contribution in [2.75, 3.05) is 6.54 Å². The van der Waals surface area contributed by atoms with Crippen LogP contribution >= 0.6 is 11.3 Å². The van der Waals surface area contributed by atoms with E-state index in [9.17, 15) is 16.8 Å². The summed E-state index contributed by atoms with van der Waals surface area (Å²) < 4.78 is 54.1. The summed E-state index contributed by atoms with van der Waals surface area (Å²) in [5.74, 6) is 0. The number of thiophene rings is 1. The quantitative estimate of drug-likeness (QED) is 0.834. The van der Waals surface area contributed by atoms with E-state index in [2.05, 4.69) is 4.72 Å². The van der Waals surface area contributed by atoms with Crippen molar-refractivity contribution in [3.05, 3.63) is 46.2 Å². The molecule has 1 aliphatic carbocycles. The van der Waals surface area contributed by atoms with E-state index in [1.807, 2.05) is 11.4 Å². The van der Waals surface area contributed by atoms with Crippen LogP contribution in [0.2, 0.25) is 0 Å². The Morgan fingerprint density at radius 2 is 1.68 bits per heavy atom. The van der Waals surface area contributed by atoms with Crippen molar-refractivity contribution in [3.63, 3.8) is 0 Å². The molecule has 1 saturated carbocycles. The van der Waals surface area contributed by atoms with Crippen LogP contribution in [0.1, 0.15) is 23.3 Å². The summed E-state index contributed by atoms with van der Waals surface area (Å²) in [6.45, 7) is 0.809. The summed E-state index contributed by atoms with van der Waals surface area (Å²) in [7, 11) is -7.21. The highest BCUT2D eigenvalue weighted by Crippen LogP contribution is 2.29. The molecule has 0 spiro atoms. The third-order valence-corrected chi connectivity index (χ3v) is 8.86. The molecule has 6 nitrogen and oxygen atoms in total. The molecule has 2 heterocycles. The molecule has 0 unspecified atom stereocenters. The fraction of sp³-hybridized carbons (Fsp3) is 0.375. The lowest BCUT2D eigenvalue weighted by Crippen LogP contribution is -2.35. The molecule has 0 atom stereocenters. The summed E-state index contributed by atoms with van der Waals surface area (Å²) in [5.41, 5.74) is 1.05. The Balaban J connectivity index is 1.57. The Labute approximate surface area is 151 Å². The van der Waals surface area contributed by atoms with Crippen LogP contribution in [0, 0.1) is 0 Å². The second-order valence-electron chi connectivity index (χ2n) is 6.32. The topological polar surface area (TPSA) is 83.5 Å². The van der Waals surface area contributed by atoms with Gasteiger partial charge in [-0.2, -0.15) is 4.31 Å². The average Bonchev–Trinajstić information content (AvgIpc) is 3.26. The number of fused-ring (bicyclic) bond motifs is 1. The zero-order valence-electron chi connectivity index (χ0n) is 13.4. The normalized spacial score (nSPS) is 18.9. The first kappa shape index (κ1) is 17.2. The summed E-state index contributed by atoms with van der Waals surface area (Å²) >= 11 is 1.65. The highest BCUT2D eigenvalue weighted by molar-refractivity contribution is 7.89. The van der Waals surface area contributed by atoms with Crippen molar-refractivity contribution < 1.29 is 16.8 Å². The zero-order valence-corrected chi connectivity index (χ0v) is 15.8. The molecule has 4 rings (SSSR count). The van der Waals surface area contributed by atoms with E-state index in [-0.39, 0.29) is 15.8 Å². The molecule has 1 aromatic heterocycles. The van der Waals surface area contributed by atoms with E-state index < -0.39 is 20.0 Å². The molecular formula is C16H18N2O4S3. The smallest absolute Gasteiger partial charge is 0.208 e. The van der Waals surface area contributed by atoms with Gasteiger partial charge in [0.2, 0.25) is 20.0 Å². The van der Waals surface area contributed by atoms with Crippen LogP contribution in [0.4, 0.5) is 0 Å². The van der Waals surface area contributed by atoms with Crippen LogP contribution in [0.3, 0.4) is 0 Å². The Morgan fingerprint density at radius 1 is 1.00 bits per heavy atom. The van der Waals surface area contributed by atoms with Crippen LogP contribution in [-0.2, 0) is 33.0 Å². The first-order valence-corrected chi connectivity index (χ1v) is 11.8. The standard InChI is InChI=1S/C16H18N2O4S3/c19-24(20,17-13-1-2-13)14-3-5-15(6-4-14)25(21,22)18-9-7-16-12(11-18)8-10-23-16/h3-6,8,10,13,17H,1-2,7,9,11H2. The van der Waals surface area contributed by atoms with E-state index in [0.29, 0.717) is 19.5 Å². The SMILES string of the molecule is O=S(=O)(NC1CC1)c1ccc(S(=O)(=O)N2CCc3sccc3C2)cc1. The van der Waals surface area contributed by atoms with Crippen molar-refractivity contribution in [1.29, 1.82) is 0 Å².